The van der Waals surface area contributed by atoms with Gasteiger partial charge < -0.3 is 15.5 Å². The maximum Gasteiger partial charge on any atom is 0.306 e. The van der Waals surface area contributed by atoms with Crippen LogP contribution in [-0.2, 0) is 4.79 Å². The Bertz CT molecular complexity index is 274. The van der Waals surface area contributed by atoms with E-state index in [1.807, 2.05) is 0 Å². The lowest BCUT2D eigenvalue weighted by Crippen LogP contribution is -2.44. The third kappa shape index (κ3) is 3.84. The molecule has 1 rings (SSSR count). The highest BCUT2D eigenvalue weighted by atomic mass is 16.4. The Balaban J connectivity index is 2.27. The summed E-state index contributed by atoms with van der Waals surface area (Å²) < 4.78 is 0. The predicted molar refractivity (Wildman–Crippen MR) is 60.9 cm³/mol. The second-order valence-electron chi connectivity index (χ2n) is 4.47. The number of rotatable bonds is 5. The van der Waals surface area contributed by atoms with Gasteiger partial charge >= 0.3 is 5.97 Å². The Morgan fingerprint density at radius 2 is 2.12 bits per heavy atom. The maximum absolute atomic E-state index is 10.7. The summed E-state index contributed by atoms with van der Waals surface area (Å²) in [5.41, 5.74) is -0.749. The molecule has 0 saturated heterocycles. The summed E-state index contributed by atoms with van der Waals surface area (Å²) in [5, 5.41) is 22.1. The molecule has 90 valence electrons. The lowest BCUT2D eigenvalue weighted by molar-refractivity contribution is -0.144. The van der Waals surface area contributed by atoms with E-state index in [0.717, 1.165) is 0 Å². The molecule has 1 aliphatic carbocycles. The van der Waals surface area contributed by atoms with Gasteiger partial charge in [-0.15, -0.1) is 12.3 Å². The number of aliphatic hydroxyl groups is 1. The molecule has 4 heteroatoms. The fourth-order valence-corrected chi connectivity index (χ4v) is 2.06. The van der Waals surface area contributed by atoms with E-state index in [1.165, 1.54) is 0 Å². The van der Waals surface area contributed by atoms with Crippen molar-refractivity contribution >= 4 is 5.97 Å². The van der Waals surface area contributed by atoms with Gasteiger partial charge in [0.25, 0.3) is 0 Å². The number of carboxylic acids is 1. The van der Waals surface area contributed by atoms with Gasteiger partial charge in [-0.1, -0.05) is 0 Å². The zero-order valence-electron chi connectivity index (χ0n) is 9.41. The van der Waals surface area contributed by atoms with Crippen LogP contribution in [0.2, 0.25) is 0 Å². The zero-order chi connectivity index (χ0) is 12.0. The molecule has 1 saturated carbocycles. The number of carboxylic acid groups (broad SMARTS) is 1. The Hall–Kier alpha value is -1.05. The first-order valence-corrected chi connectivity index (χ1v) is 5.67. The average Bonchev–Trinajstić information content (AvgIpc) is 2.25. The van der Waals surface area contributed by atoms with Crippen LogP contribution in [0.15, 0.2) is 0 Å². The van der Waals surface area contributed by atoms with Gasteiger partial charge in [-0.3, -0.25) is 4.79 Å². The predicted octanol–water partition coefficient (Wildman–Crippen LogP) is 0.605. The minimum absolute atomic E-state index is 0.286. The zero-order valence-corrected chi connectivity index (χ0v) is 9.41. The van der Waals surface area contributed by atoms with E-state index in [4.69, 9.17) is 11.5 Å². The Labute approximate surface area is 96.0 Å². The molecule has 1 fully saturated rings. The van der Waals surface area contributed by atoms with Crippen molar-refractivity contribution in [3.8, 4) is 12.3 Å². The number of nitrogens with one attached hydrogen (secondary N) is 1. The van der Waals surface area contributed by atoms with Crippen LogP contribution < -0.4 is 5.32 Å². The molecule has 3 N–H and O–H groups in total. The molecule has 1 aliphatic rings. The lowest BCUT2D eigenvalue weighted by Gasteiger charge is -2.34. The van der Waals surface area contributed by atoms with Crippen LogP contribution in [0.4, 0.5) is 0 Å². The molecule has 0 spiro atoms. The molecule has 0 aromatic carbocycles. The summed E-state index contributed by atoms with van der Waals surface area (Å²) in [6, 6.07) is 0. The first kappa shape index (κ1) is 13.0. The first-order valence-electron chi connectivity index (χ1n) is 5.67. The summed E-state index contributed by atoms with van der Waals surface area (Å²) in [7, 11) is 0. The third-order valence-corrected chi connectivity index (χ3v) is 3.17. The molecule has 4 nitrogen and oxygen atoms in total. The number of hydrogen-bond acceptors (Lipinski definition) is 3. The molecule has 16 heavy (non-hydrogen) atoms. The topological polar surface area (TPSA) is 69.6 Å². The minimum Gasteiger partial charge on any atom is -0.481 e. The minimum atomic E-state index is -0.749. The van der Waals surface area contributed by atoms with Crippen LogP contribution >= 0.6 is 0 Å². The first-order chi connectivity index (χ1) is 7.57. The summed E-state index contributed by atoms with van der Waals surface area (Å²) in [4.78, 5) is 10.7. The van der Waals surface area contributed by atoms with Gasteiger partial charge in [-0.05, 0) is 25.7 Å². The van der Waals surface area contributed by atoms with Gasteiger partial charge in [-0.2, -0.15) is 0 Å². The van der Waals surface area contributed by atoms with Crippen LogP contribution in [-0.4, -0.2) is 34.9 Å². The van der Waals surface area contributed by atoms with Gasteiger partial charge in [0, 0.05) is 19.5 Å². The summed E-state index contributed by atoms with van der Waals surface area (Å²) >= 11 is 0. The van der Waals surface area contributed by atoms with Crippen LogP contribution in [0.5, 0.6) is 0 Å². The fraction of sp³-hybridized carbons (Fsp3) is 0.750. The van der Waals surface area contributed by atoms with E-state index >= 15 is 0 Å². The molecule has 0 bridgehead atoms. The van der Waals surface area contributed by atoms with Gasteiger partial charge in [0.15, 0.2) is 0 Å². The largest absolute Gasteiger partial charge is 0.481 e. The molecule has 0 atom stereocenters. The van der Waals surface area contributed by atoms with Crippen molar-refractivity contribution in [1.82, 2.24) is 5.32 Å². The number of terminal acetylenes is 1. The smallest absolute Gasteiger partial charge is 0.306 e. The van der Waals surface area contributed by atoms with Crippen LogP contribution in [0.3, 0.4) is 0 Å². The van der Waals surface area contributed by atoms with Crippen molar-refractivity contribution in [2.24, 2.45) is 5.92 Å². The molecule has 0 heterocycles. The van der Waals surface area contributed by atoms with E-state index in [9.17, 15) is 9.90 Å². The summed E-state index contributed by atoms with van der Waals surface area (Å²) in [5.74, 6) is 1.48. The highest BCUT2D eigenvalue weighted by molar-refractivity contribution is 5.70. The van der Waals surface area contributed by atoms with E-state index in [0.29, 0.717) is 45.2 Å². The van der Waals surface area contributed by atoms with Gasteiger partial charge in [0.2, 0.25) is 0 Å². The van der Waals surface area contributed by atoms with Crippen LogP contribution in [0, 0.1) is 18.3 Å². The number of carbonyl (C=O) groups is 1. The molecule has 0 radical (unpaired) electrons. The van der Waals surface area contributed by atoms with Crippen molar-refractivity contribution in [3.05, 3.63) is 0 Å². The maximum atomic E-state index is 10.7. The van der Waals surface area contributed by atoms with Gasteiger partial charge in [0.05, 0.1) is 11.5 Å². The second-order valence-corrected chi connectivity index (χ2v) is 4.47. The highest BCUT2D eigenvalue weighted by Crippen LogP contribution is 2.31. The van der Waals surface area contributed by atoms with Crippen LogP contribution in [0.1, 0.15) is 32.1 Å². The number of aliphatic carboxylic acids is 1. The molecule has 0 aromatic rings. The standard InChI is InChI=1S/C12H19NO3/c1-2-3-8-13-9-12(16)6-4-10(5-7-12)11(14)15/h1,10,13,16H,3-9H2,(H,14,15). The van der Waals surface area contributed by atoms with Gasteiger partial charge in [0.1, 0.15) is 0 Å². The molecule has 0 amide bonds. The van der Waals surface area contributed by atoms with E-state index in [1.54, 1.807) is 0 Å². The fourth-order valence-electron chi connectivity index (χ4n) is 2.06. The summed E-state index contributed by atoms with van der Waals surface area (Å²) in [6.45, 7) is 1.20. The van der Waals surface area contributed by atoms with Crippen molar-refractivity contribution in [3.63, 3.8) is 0 Å². The van der Waals surface area contributed by atoms with E-state index in [2.05, 4.69) is 11.2 Å². The van der Waals surface area contributed by atoms with Crippen molar-refractivity contribution in [1.29, 1.82) is 0 Å². The van der Waals surface area contributed by atoms with Crippen molar-refractivity contribution in [2.45, 2.75) is 37.7 Å². The Kier molecular flexibility index (Phi) is 4.78. The summed E-state index contributed by atoms with van der Waals surface area (Å²) in [6.07, 6.45) is 7.97. The Morgan fingerprint density at radius 3 is 2.62 bits per heavy atom. The van der Waals surface area contributed by atoms with E-state index < -0.39 is 11.6 Å². The molecule has 0 unspecified atom stereocenters. The van der Waals surface area contributed by atoms with E-state index in [-0.39, 0.29) is 5.92 Å². The highest BCUT2D eigenvalue weighted by Gasteiger charge is 2.35. The average molecular weight is 225 g/mol. The SMILES string of the molecule is C#CCCNCC1(O)CCC(C(=O)O)CC1. The normalized spacial score (nSPS) is 29.6. The monoisotopic (exact) mass is 225 g/mol. The Morgan fingerprint density at radius 1 is 1.50 bits per heavy atom. The third-order valence-electron chi connectivity index (χ3n) is 3.17. The van der Waals surface area contributed by atoms with Crippen molar-refractivity contribution < 1.29 is 15.0 Å². The second kappa shape index (κ2) is 5.88. The quantitative estimate of drug-likeness (QED) is 0.473. The lowest BCUT2D eigenvalue weighted by atomic mass is 9.79. The molecule has 0 aromatic heterocycles. The van der Waals surface area contributed by atoms with Gasteiger partial charge in [-0.25, -0.2) is 0 Å². The van der Waals surface area contributed by atoms with Crippen molar-refractivity contribution in [2.75, 3.05) is 13.1 Å². The number of hydrogen-bond donors (Lipinski definition) is 3. The molecular weight excluding hydrogens is 206 g/mol. The molecule has 0 aliphatic heterocycles. The molecular formula is C12H19NO3. The van der Waals surface area contributed by atoms with Crippen LogP contribution in [0.25, 0.3) is 0 Å².